The van der Waals surface area contributed by atoms with E-state index in [1.54, 1.807) is 0 Å². The van der Waals surface area contributed by atoms with Crippen LogP contribution in [-0.2, 0) is 33.1 Å². The van der Waals surface area contributed by atoms with Gasteiger partial charge in [-0.1, -0.05) is 0 Å². The van der Waals surface area contributed by atoms with Crippen molar-refractivity contribution in [3.63, 3.8) is 0 Å². The molecule has 2 aromatic carbocycles. The number of carbonyl (C=O) groups is 2. The molecule has 4 nitrogen and oxygen atoms in total. The van der Waals surface area contributed by atoms with Crippen molar-refractivity contribution in [3.05, 3.63) is 60.7 Å². The Labute approximate surface area is 171 Å². The Hall–Kier alpha value is -1.89. The summed E-state index contributed by atoms with van der Waals surface area (Å²) in [4.78, 5) is 25.5. The summed E-state index contributed by atoms with van der Waals surface area (Å²) >= 11 is -1.95. The number of rotatable bonds is 8. The summed E-state index contributed by atoms with van der Waals surface area (Å²) < 4.78 is 3.79. The molecule has 7 heteroatoms. The molecule has 0 fully saturated rings. The van der Waals surface area contributed by atoms with Crippen molar-refractivity contribution in [2.24, 2.45) is 0 Å². The van der Waals surface area contributed by atoms with Gasteiger partial charge in [0.05, 0.1) is 0 Å². The average Bonchev–Trinajstić information content (AvgIpc) is 2.64. The number of carbonyl (C=O) groups excluding carboxylic acids is 2. The summed E-state index contributed by atoms with van der Waals surface area (Å²) in [5, 5.41) is 0. The minimum absolute atomic E-state index is 0. The topological polar surface area (TPSA) is 40.6 Å². The van der Waals surface area contributed by atoms with Gasteiger partial charge in [-0.25, -0.2) is 0 Å². The van der Waals surface area contributed by atoms with E-state index in [0.717, 1.165) is 24.2 Å². The first-order chi connectivity index (χ1) is 12.2. The molecular weight excluding hydrogens is 517 g/mol. The van der Waals surface area contributed by atoms with Gasteiger partial charge in [0.15, 0.2) is 0 Å². The zero-order chi connectivity index (χ0) is 18.1. The smallest absolute Gasteiger partial charge is 1.00 e. The Balaban J connectivity index is 0.00000338. The maximum atomic E-state index is 12.7. The fourth-order valence-corrected chi connectivity index (χ4v) is 6.64. The molecule has 2 amide bonds. The molecule has 2 aromatic rings. The normalized spacial score (nSPS) is 9.26. The van der Waals surface area contributed by atoms with E-state index in [0.29, 0.717) is 12.8 Å². The summed E-state index contributed by atoms with van der Waals surface area (Å²) in [6, 6.07) is 19.4. The van der Waals surface area contributed by atoms with Crippen LogP contribution < -0.4 is 15.2 Å². The van der Waals surface area contributed by atoms with E-state index < -0.39 is 23.5 Å². The van der Waals surface area contributed by atoms with Gasteiger partial charge in [-0.2, -0.15) is 0 Å². The second kappa shape index (κ2) is 13.3. The third kappa shape index (κ3) is 7.33. The Morgan fingerprint density at radius 3 is 1.33 bits per heavy atom. The monoisotopic (exact) mass is 542 g/mol. The number of anilines is 2. The van der Waals surface area contributed by atoms with Crippen molar-refractivity contribution < 1.29 is 42.5 Å². The van der Waals surface area contributed by atoms with Crippen LogP contribution in [0.15, 0.2) is 60.7 Å². The van der Waals surface area contributed by atoms with Crippen molar-refractivity contribution in [3.8, 4) is 0 Å². The third-order valence-electron chi connectivity index (χ3n) is 3.66. The van der Waals surface area contributed by atoms with E-state index in [4.69, 9.17) is 0 Å². The molecule has 27 heavy (non-hydrogen) atoms. The second-order valence-corrected chi connectivity index (χ2v) is 9.66. The van der Waals surface area contributed by atoms with Gasteiger partial charge >= 0.3 is 162 Å². The van der Waals surface area contributed by atoms with E-state index in [9.17, 15) is 9.59 Å². The molecule has 0 aliphatic rings. The van der Waals surface area contributed by atoms with Gasteiger partial charge in [0.2, 0.25) is 0 Å². The van der Waals surface area contributed by atoms with Gasteiger partial charge in [0, 0.05) is 0 Å². The van der Waals surface area contributed by atoms with Gasteiger partial charge in [-0.05, 0) is 0 Å². The Morgan fingerprint density at radius 1 is 0.704 bits per heavy atom. The molecule has 0 spiro atoms. The zero-order valence-electron chi connectivity index (χ0n) is 15.6. The molecule has 0 atom stereocenters. The van der Waals surface area contributed by atoms with Crippen LogP contribution in [0.25, 0.3) is 0 Å². The van der Waals surface area contributed by atoms with Crippen molar-refractivity contribution >= 4 is 23.2 Å². The van der Waals surface area contributed by atoms with Crippen LogP contribution in [0.3, 0.4) is 0 Å². The molecule has 0 radical (unpaired) electrons. The van der Waals surface area contributed by atoms with Gasteiger partial charge < -0.3 is 9.41 Å². The summed E-state index contributed by atoms with van der Waals surface area (Å²) in [7, 11) is 0. The fourth-order valence-electron chi connectivity index (χ4n) is 2.42. The molecule has 0 aliphatic carbocycles. The SMILES string of the molecule is CCCC(=O)[N]([Hf+2][N](C(=O)CCC)c1ccccc1)c1ccccc1.[F-].[F-]. The third-order valence-corrected chi connectivity index (χ3v) is 8.74. The van der Waals surface area contributed by atoms with Gasteiger partial charge in [-0.3, -0.25) is 0 Å². The standard InChI is InChI=1S/2C10H13NO.2FH.Hf/c2*1-2-6-10(12)11-9-7-4-3-5-8-9;;;/h2*3-5,7-8H,2,6H2,1H3,(H,11,12);2*1H;/q;;;;+4/p-4. The molecule has 2 rings (SSSR count). The van der Waals surface area contributed by atoms with Gasteiger partial charge in [0.1, 0.15) is 0 Å². The molecule has 0 aromatic heterocycles. The van der Waals surface area contributed by atoms with Crippen LogP contribution in [0, 0.1) is 0 Å². The van der Waals surface area contributed by atoms with Crippen molar-refractivity contribution in [2.75, 3.05) is 5.78 Å². The van der Waals surface area contributed by atoms with Crippen molar-refractivity contribution in [1.29, 1.82) is 0 Å². The van der Waals surface area contributed by atoms with Crippen LogP contribution in [0.2, 0.25) is 0 Å². The van der Waals surface area contributed by atoms with Gasteiger partial charge in [-0.15, -0.1) is 0 Å². The number of nitrogens with zero attached hydrogens (tertiary/aromatic N) is 2. The van der Waals surface area contributed by atoms with Crippen LogP contribution >= 0.6 is 0 Å². The van der Waals surface area contributed by atoms with E-state index >= 15 is 0 Å². The van der Waals surface area contributed by atoms with Crippen LogP contribution in [0.4, 0.5) is 11.4 Å². The van der Waals surface area contributed by atoms with Crippen molar-refractivity contribution in [2.45, 2.75) is 39.5 Å². The quantitative estimate of drug-likeness (QED) is 0.386. The number of hydrogen-bond acceptors (Lipinski definition) is 2. The van der Waals surface area contributed by atoms with Crippen LogP contribution in [0.5, 0.6) is 0 Å². The molecule has 0 unspecified atom stereocenters. The van der Waals surface area contributed by atoms with E-state index in [1.165, 1.54) is 0 Å². The first-order valence-corrected chi connectivity index (χ1v) is 11.9. The zero-order valence-corrected chi connectivity index (χ0v) is 19.2. The predicted octanol–water partition coefficient (Wildman–Crippen LogP) is -1.43. The molecule has 0 N–H and O–H groups in total. The molecule has 0 heterocycles. The maximum absolute atomic E-state index is 12.7. The first-order valence-electron chi connectivity index (χ1n) is 8.69. The van der Waals surface area contributed by atoms with E-state index in [1.807, 2.05) is 80.3 Å². The van der Waals surface area contributed by atoms with Crippen LogP contribution in [-0.4, -0.2) is 11.8 Å². The molecular formula is C20H24F2HfN2O2. The summed E-state index contributed by atoms with van der Waals surface area (Å²) in [6.45, 7) is 4.01. The molecule has 0 aliphatic heterocycles. The maximum Gasteiger partial charge on any atom is -1.00 e. The molecule has 0 saturated heterocycles. The first kappa shape index (κ1) is 25.1. The number of benzene rings is 2. The predicted molar refractivity (Wildman–Crippen MR) is 97.7 cm³/mol. The number of hydrogen-bond donors (Lipinski definition) is 0. The number of para-hydroxylation sites is 2. The Bertz CT molecular complexity index is 627. The summed E-state index contributed by atoms with van der Waals surface area (Å²) in [6.07, 6.45) is 2.62. The molecule has 0 saturated carbocycles. The largest absolute Gasteiger partial charge is 1.00 e. The summed E-state index contributed by atoms with van der Waals surface area (Å²) in [5.74, 6) is 0.226. The van der Waals surface area contributed by atoms with E-state index in [-0.39, 0.29) is 21.2 Å². The Kier molecular flexibility index (Phi) is 12.4. The minimum atomic E-state index is -1.95. The van der Waals surface area contributed by atoms with Crippen LogP contribution in [0.1, 0.15) is 39.5 Å². The molecule has 0 bridgehead atoms. The second-order valence-electron chi connectivity index (χ2n) is 5.73. The van der Waals surface area contributed by atoms with Gasteiger partial charge in [0.25, 0.3) is 0 Å². The minimum Gasteiger partial charge on any atom is -1.00 e. The summed E-state index contributed by atoms with van der Waals surface area (Å²) in [5.41, 5.74) is 1.80. The molecule has 144 valence electrons. The average molecular weight is 541 g/mol. The van der Waals surface area contributed by atoms with Crippen molar-refractivity contribution in [1.82, 2.24) is 0 Å². The number of amides is 2. The number of halogens is 2. The Morgan fingerprint density at radius 2 is 1.04 bits per heavy atom. The fraction of sp³-hybridized carbons (Fsp3) is 0.300. The van der Waals surface area contributed by atoms with E-state index in [2.05, 4.69) is 0 Å².